The first kappa shape index (κ1) is 13.7. The Morgan fingerprint density at radius 2 is 2.00 bits per heavy atom. The lowest BCUT2D eigenvalue weighted by atomic mass is 10.1. The van der Waals surface area contributed by atoms with E-state index in [1.54, 1.807) is 24.3 Å². The first-order chi connectivity index (χ1) is 9.70. The zero-order valence-electron chi connectivity index (χ0n) is 10.4. The van der Waals surface area contributed by atoms with Gasteiger partial charge in [-0.3, -0.25) is 0 Å². The molecule has 0 aromatic heterocycles. The molecule has 0 N–H and O–H groups in total. The number of hydrogen-bond acceptors (Lipinski definition) is 3. The van der Waals surface area contributed by atoms with Crippen molar-refractivity contribution in [2.45, 2.75) is 6.61 Å². The summed E-state index contributed by atoms with van der Waals surface area (Å²) in [4.78, 5) is 4.91. The van der Waals surface area contributed by atoms with Gasteiger partial charge >= 0.3 is 0 Å². The van der Waals surface area contributed by atoms with E-state index in [9.17, 15) is 8.78 Å². The van der Waals surface area contributed by atoms with Crippen LogP contribution in [0.15, 0.2) is 47.6 Å². The molecule has 0 atom stereocenters. The average molecular weight is 272 g/mol. The number of nitriles is 1. The predicted octanol–water partition coefficient (Wildman–Crippen LogP) is 3.39. The molecular formula is C15H10F2N2O. The fraction of sp³-hybridized carbons (Fsp3) is 0.0667. The number of oxime groups is 1. The van der Waals surface area contributed by atoms with Gasteiger partial charge < -0.3 is 4.84 Å². The third-order valence-corrected chi connectivity index (χ3v) is 2.58. The minimum absolute atomic E-state index is 0.0794. The van der Waals surface area contributed by atoms with E-state index in [0.717, 1.165) is 18.2 Å². The average Bonchev–Trinajstić information content (AvgIpc) is 2.47. The fourth-order valence-electron chi connectivity index (χ4n) is 1.57. The van der Waals surface area contributed by atoms with Gasteiger partial charge in [0.2, 0.25) is 0 Å². The van der Waals surface area contributed by atoms with E-state index in [1.807, 2.05) is 6.07 Å². The first-order valence-corrected chi connectivity index (χ1v) is 5.79. The Bertz CT molecular complexity index is 678. The van der Waals surface area contributed by atoms with Crippen molar-refractivity contribution in [2.75, 3.05) is 0 Å². The van der Waals surface area contributed by atoms with Crippen LogP contribution in [0.2, 0.25) is 0 Å². The summed E-state index contributed by atoms with van der Waals surface area (Å²) in [5.41, 5.74) is 1.13. The van der Waals surface area contributed by atoms with Crippen LogP contribution in [0.3, 0.4) is 0 Å². The lowest BCUT2D eigenvalue weighted by Crippen LogP contribution is -1.94. The van der Waals surface area contributed by atoms with Crippen molar-refractivity contribution in [3.8, 4) is 6.07 Å². The van der Waals surface area contributed by atoms with Gasteiger partial charge in [0.05, 0.1) is 17.8 Å². The highest BCUT2D eigenvalue weighted by Gasteiger charge is 2.04. The Kier molecular flexibility index (Phi) is 4.40. The summed E-state index contributed by atoms with van der Waals surface area (Å²) in [5, 5.41) is 12.5. The van der Waals surface area contributed by atoms with Gasteiger partial charge in [-0.1, -0.05) is 23.4 Å². The molecule has 20 heavy (non-hydrogen) atoms. The van der Waals surface area contributed by atoms with Crippen molar-refractivity contribution >= 4 is 6.21 Å². The van der Waals surface area contributed by atoms with Crippen molar-refractivity contribution in [3.63, 3.8) is 0 Å². The predicted molar refractivity (Wildman–Crippen MR) is 69.9 cm³/mol. The van der Waals surface area contributed by atoms with Crippen LogP contribution in [0.5, 0.6) is 0 Å². The molecule has 0 bridgehead atoms. The zero-order valence-corrected chi connectivity index (χ0v) is 10.4. The topological polar surface area (TPSA) is 45.4 Å². The third kappa shape index (κ3) is 3.39. The molecular weight excluding hydrogens is 262 g/mol. The maximum absolute atomic E-state index is 13.3. The lowest BCUT2D eigenvalue weighted by molar-refractivity contribution is 0.129. The number of hydrogen-bond donors (Lipinski definition) is 0. The molecule has 2 aromatic rings. The summed E-state index contributed by atoms with van der Waals surface area (Å²) in [6.45, 7) is -0.186. The molecule has 5 heteroatoms. The van der Waals surface area contributed by atoms with Crippen molar-refractivity contribution in [1.29, 1.82) is 5.26 Å². The van der Waals surface area contributed by atoms with E-state index in [4.69, 9.17) is 10.1 Å². The first-order valence-electron chi connectivity index (χ1n) is 5.79. The second-order valence-corrected chi connectivity index (χ2v) is 3.94. The monoisotopic (exact) mass is 272 g/mol. The largest absolute Gasteiger partial charge is 0.391 e. The second kappa shape index (κ2) is 6.43. The van der Waals surface area contributed by atoms with E-state index >= 15 is 0 Å². The van der Waals surface area contributed by atoms with Gasteiger partial charge in [0.1, 0.15) is 18.2 Å². The Labute approximate surface area is 114 Å². The van der Waals surface area contributed by atoms with Crippen LogP contribution >= 0.6 is 0 Å². The quantitative estimate of drug-likeness (QED) is 0.632. The molecule has 2 aromatic carbocycles. The smallest absolute Gasteiger partial charge is 0.145 e. The van der Waals surface area contributed by atoms with Gasteiger partial charge in [-0.2, -0.15) is 5.26 Å². The maximum atomic E-state index is 13.3. The van der Waals surface area contributed by atoms with Crippen LogP contribution in [-0.4, -0.2) is 6.21 Å². The summed E-state index contributed by atoms with van der Waals surface area (Å²) < 4.78 is 26.2. The molecule has 0 aliphatic rings. The molecule has 0 saturated carbocycles. The van der Waals surface area contributed by atoms with Crippen LogP contribution in [0.25, 0.3) is 0 Å². The molecule has 3 nitrogen and oxygen atoms in total. The Morgan fingerprint density at radius 1 is 1.20 bits per heavy atom. The van der Waals surface area contributed by atoms with Crippen LogP contribution in [-0.2, 0) is 11.4 Å². The molecule has 0 fully saturated rings. The highest BCUT2D eigenvalue weighted by Crippen LogP contribution is 2.11. The van der Waals surface area contributed by atoms with Gasteiger partial charge in [-0.05, 0) is 24.3 Å². The van der Waals surface area contributed by atoms with Crippen LogP contribution in [0, 0.1) is 23.0 Å². The molecule has 0 unspecified atom stereocenters. The number of rotatable bonds is 4. The van der Waals surface area contributed by atoms with Crippen LogP contribution in [0.4, 0.5) is 8.78 Å². The van der Waals surface area contributed by atoms with Gasteiger partial charge in [-0.15, -0.1) is 0 Å². The van der Waals surface area contributed by atoms with Gasteiger partial charge in [0.15, 0.2) is 0 Å². The molecule has 2 rings (SSSR count). The summed E-state index contributed by atoms with van der Waals surface area (Å²) in [6.07, 6.45) is 1.36. The molecule has 0 aliphatic carbocycles. The number of nitrogens with zero attached hydrogens (tertiary/aromatic N) is 2. The zero-order chi connectivity index (χ0) is 14.4. The van der Waals surface area contributed by atoms with E-state index < -0.39 is 11.6 Å². The number of halogens is 2. The second-order valence-electron chi connectivity index (χ2n) is 3.94. The Balaban J connectivity index is 2.01. The molecule has 0 aliphatic heterocycles. The SMILES string of the molecule is N#Cc1ccccc1C=NOCc1cc(F)ccc1F. The molecule has 0 heterocycles. The van der Waals surface area contributed by atoms with E-state index in [-0.39, 0.29) is 12.2 Å². The lowest BCUT2D eigenvalue weighted by Gasteiger charge is -2.02. The Hall–Kier alpha value is -2.74. The van der Waals surface area contributed by atoms with Crippen LogP contribution in [0.1, 0.15) is 16.7 Å². The summed E-state index contributed by atoms with van der Waals surface area (Å²) in [7, 11) is 0. The van der Waals surface area contributed by atoms with Gasteiger partial charge in [-0.25, -0.2) is 8.78 Å². The minimum Gasteiger partial charge on any atom is -0.391 e. The van der Waals surface area contributed by atoms with E-state index in [2.05, 4.69) is 5.16 Å². The maximum Gasteiger partial charge on any atom is 0.145 e. The van der Waals surface area contributed by atoms with Gasteiger partial charge in [0.25, 0.3) is 0 Å². The normalized spacial score (nSPS) is 10.4. The molecule has 0 saturated heterocycles. The molecule has 0 spiro atoms. The number of benzene rings is 2. The highest BCUT2D eigenvalue weighted by atomic mass is 19.1. The molecule has 100 valence electrons. The summed E-state index contributed by atoms with van der Waals surface area (Å²) in [6, 6.07) is 12.0. The van der Waals surface area contributed by atoms with Crippen molar-refractivity contribution in [1.82, 2.24) is 0 Å². The molecule has 0 amide bonds. The molecule has 0 radical (unpaired) electrons. The minimum atomic E-state index is -0.556. The third-order valence-electron chi connectivity index (χ3n) is 2.58. The van der Waals surface area contributed by atoms with Crippen molar-refractivity contribution in [3.05, 3.63) is 70.8 Å². The van der Waals surface area contributed by atoms with Crippen LogP contribution < -0.4 is 0 Å². The van der Waals surface area contributed by atoms with E-state index in [1.165, 1.54) is 6.21 Å². The highest BCUT2D eigenvalue weighted by molar-refractivity contribution is 5.82. The Morgan fingerprint density at radius 3 is 2.80 bits per heavy atom. The van der Waals surface area contributed by atoms with Crippen molar-refractivity contribution < 1.29 is 13.6 Å². The van der Waals surface area contributed by atoms with Crippen molar-refractivity contribution in [2.24, 2.45) is 5.16 Å². The summed E-state index contributed by atoms with van der Waals surface area (Å²) in [5.74, 6) is -1.09. The van der Waals surface area contributed by atoms with Gasteiger partial charge in [0, 0.05) is 11.1 Å². The standard InChI is InChI=1S/C15H10F2N2O/c16-14-5-6-15(17)13(7-14)10-20-19-9-12-4-2-1-3-11(12)8-18/h1-7,9H,10H2. The summed E-state index contributed by atoms with van der Waals surface area (Å²) >= 11 is 0. The van der Waals surface area contributed by atoms with E-state index in [0.29, 0.717) is 11.1 Å². The fourth-order valence-corrected chi connectivity index (χ4v) is 1.57.